The summed E-state index contributed by atoms with van der Waals surface area (Å²) in [6.45, 7) is 16.6. The van der Waals surface area contributed by atoms with Gasteiger partial charge in [-0.3, -0.25) is 0 Å². The van der Waals surface area contributed by atoms with Gasteiger partial charge in [0.1, 0.15) is 5.82 Å². The van der Waals surface area contributed by atoms with Crippen LogP contribution in [0.25, 0.3) is 0 Å². The first-order valence-corrected chi connectivity index (χ1v) is 7.75. The SMILES string of the molecule is C=CN(CCCNC)C(=C)N(CC)CCCC(C)NC. The zero-order valence-electron chi connectivity index (χ0n) is 13.9. The van der Waals surface area contributed by atoms with E-state index in [4.69, 9.17) is 0 Å². The van der Waals surface area contributed by atoms with Crippen LogP contribution in [0.1, 0.15) is 33.1 Å². The molecule has 0 aliphatic carbocycles. The Morgan fingerprint density at radius 2 is 1.95 bits per heavy atom. The van der Waals surface area contributed by atoms with E-state index in [2.05, 4.69) is 47.4 Å². The van der Waals surface area contributed by atoms with Gasteiger partial charge in [0.15, 0.2) is 0 Å². The van der Waals surface area contributed by atoms with Gasteiger partial charge in [-0.15, -0.1) is 0 Å². The second-order valence-corrected chi connectivity index (χ2v) is 5.16. The maximum Gasteiger partial charge on any atom is 0.100 e. The fourth-order valence-corrected chi connectivity index (χ4v) is 2.14. The summed E-state index contributed by atoms with van der Waals surface area (Å²) < 4.78 is 0. The molecule has 0 bridgehead atoms. The number of hydrogen-bond acceptors (Lipinski definition) is 4. The van der Waals surface area contributed by atoms with Gasteiger partial charge in [-0.1, -0.05) is 13.2 Å². The van der Waals surface area contributed by atoms with Gasteiger partial charge in [0.2, 0.25) is 0 Å². The molecule has 0 heterocycles. The molecular formula is C16H34N4. The van der Waals surface area contributed by atoms with Crippen molar-refractivity contribution in [3.63, 3.8) is 0 Å². The molecule has 1 unspecified atom stereocenters. The van der Waals surface area contributed by atoms with Crippen molar-refractivity contribution in [2.24, 2.45) is 0 Å². The third kappa shape index (κ3) is 7.56. The van der Waals surface area contributed by atoms with Crippen molar-refractivity contribution in [1.29, 1.82) is 0 Å². The molecule has 0 saturated heterocycles. The monoisotopic (exact) mass is 282 g/mol. The first kappa shape index (κ1) is 19.0. The first-order valence-electron chi connectivity index (χ1n) is 7.75. The fourth-order valence-electron chi connectivity index (χ4n) is 2.14. The molecule has 0 rings (SSSR count). The second kappa shape index (κ2) is 11.8. The van der Waals surface area contributed by atoms with Crippen molar-refractivity contribution >= 4 is 0 Å². The van der Waals surface area contributed by atoms with Gasteiger partial charge >= 0.3 is 0 Å². The van der Waals surface area contributed by atoms with Crippen LogP contribution in [0.2, 0.25) is 0 Å². The minimum absolute atomic E-state index is 0.577. The predicted molar refractivity (Wildman–Crippen MR) is 89.6 cm³/mol. The molecule has 4 heteroatoms. The lowest BCUT2D eigenvalue weighted by molar-refractivity contribution is 0.253. The molecule has 0 fully saturated rings. The smallest absolute Gasteiger partial charge is 0.100 e. The lowest BCUT2D eigenvalue weighted by Crippen LogP contribution is -2.34. The Morgan fingerprint density at radius 1 is 1.25 bits per heavy atom. The van der Waals surface area contributed by atoms with E-state index in [-0.39, 0.29) is 0 Å². The largest absolute Gasteiger partial charge is 0.359 e. The van der Waals surface area contributed by atoms with Gasteiger partial charge in [-0.25, -0.2) is 0 Å². The molecule has 0 saturated carbocycles. The topological polar surface area (TPSA) is 30.5 Å². The standard InChI is InChI=1S/C16H34N4/c1-7-19(13-9-11-15(3)18-6)16(4)20(8-2)14-10-12-17-5/h8,15,17-18H,2,4,7,9-14H2,1,3,5-6H3. The summed E-state index contributed by atoms with van der Waals surface area (Å²) in [6.07, 6.45) is 5.34. The molecule has 0 aromatic heterocycles. The second-order valence-electron chi connectivity index (χ2n) is 5.16. The van der Waals surface area contributed by atoms with Crippen molar-refractivity contribution in [3.8, 4) is 0 Å². The van der Waals surface area contributed by atoms with E-state index in [0.29, 0.717) is 6.04 Å². The lowest BCUT2D eigenvalue weighted by Gasteiger charge is -2.33. The van der Waals surface area contributed by atoms with E-state index in [0.717, 1.165) is 38.4 Å². The molecule has 118 valence electrons. The molecule has 0 aromatic rings. The highest BCUT2D eigenvalue weighted by Crippen LogP contribution is 2.11. The Labute approximate surface area is 125 Å². The zero-order chi connectivity index (χ0) is 15.4. The third-order valence-electron chi connectivity index (χ3n) is 3.68. The Kier molecular flexibility index (Phi) is 11.2. The van der Waals surface area contributed by atoms with Crippen LogP contribution >= 0.6 is 0 Å². The van der Waals surface area contributed by atoms with Crippen LogP contribution in [0.15, 0.2) is 25.2 Å². The van der Waals surface area contributed by atoms with Crippen LogP contribution in [-0.2, 0) is 0 Å². The Bertz CT molecular complexity index is 265. The van der Waals surface area contributed by atoms with E-state index >= 15 is 0 Å². The lowest BCUT2D eigenvalue weighted by atomic mass is 10.2. The minimum atomic E-state index is 0.577. The van der Waals surface area contributed by atoms with E-state index in [1.54, 1.807) is 0 Å². The normalized spacial score (nSPS) is 12.0. The van der Waals surface area contributed by atoms with Gasteiger partial charge in [0, 0.05) is 25.7 Å². The van der Waals surface area contributed by atoms with Crippen molar-refractivity contribution in [2.75, 3.05) is 40.3 Å². The molecular weight excluding hydrogens is 248 g/mol. The Balaban J connectivity index is 4.24. The Hall–Kier alpha value is -1.00. The maximum atomic E-state index is 4.24. The number of nitrogens with zero attached hydrogens (tertiary/aromatic N) is 2. The molecule has 0 spiro atoms. The highest BCUT2D eigenvalue weighted by molar-refractivity contribution is 4.98. The molecule has 0 aromatic carbocycles. The first-order chi connectivity index (χ1) is 9.60. The molecule has 2 N–H and O–H groups in total. The van der Waals surface area contributed by atoms with Crippen molar-refractivity contribution in [2.45, 2.75) is 39.2 Å². The molecule has 20 heavy (non-hydrogen) atoms. The molecule has 0 aliphatic heterocycles. The molecule has 1 atom stereocenters. The van der Waals surface area contributed by atoms with Crippen LogP contribution in [0.3, 0.4) is 0 Å². The van der Waals surface area contributed by atoms with Crippen LogP contribution in [0, 0.1) is 0 Å². The zero-order valence-corrected chi connectivity index (χ0v) is 13.9. The van der Waals surface area contributed by atoms with Gasteiger partial charge in [0.05, 0.1) is 0 Å². The van der Waals surface area contributed by atoms with Crippen LogP contribution in [0.4, 0.5) is 0 Å². The number of rotatable bonds is 13. The summed E-state index contributed by atoms with van der Waals surface area (Å²) in [7, 11) is 4.00. The van der Waals surface area contributed by atoms with Gasteiger partial charge < -0.3 is 20.4 Å². The van der Waals surface area contributed by atoms with E-state index in [1.165, 1.54) is 12.8 Å². The van der Waals surface area contributed by atoms with Crippen LogP contribution < -0.4 is 10.6 Å². The summed E-state index contributed by atoms with van der Waals surface area (Å²) in [6, 6.07) is 0.577. The van der Waals surface area contributed by atoms with Gasteiger partial charge in [-0.05, 0) is 59.9 Å². The van der Waals surface area contributed by atoms with E-state index < -0.39 is 0 Å². The highest BCUT2D eigenvalue weighted by atomic mass is 15.3. The number of hydrogen-bond donors (Lipinski definition) is 2. The average molecular weight is 282 g/mol. The van der Waals surface area contributed by atoms with Gasteiger partial charge in [0.25, 0.3) is 0 Å². The average Bonchev–Trinajstić information content (AvgIpc) is 2.47. The van der Waals surface area contributed by atoms with Crippen LogP contribution in [-0.4, -0.2) is 56.1 Å². The molecule has 0 amide bonds. The fraction of sp³-hybridized carbons (Fsp3) is 0.750. The van der Waals surface area contributed by atoms with Crippen molar-refractivity contribution < 1.29 is 0 Å². The predicted octanol–water partition coefficient (Wildman–Crippen LogP) is 2.22. The summed E-state index contributed by atoms with van der Waals surface area (Å²) in [5, 5.41) is 6.45. The number of nitrogens with one attached hydrogen (secondary N) is 2. The minimum Gasteiger partial charge on any atom is -0.359 e. The van der Waals surface area contributed by atoms with E-state index in [1.807, 2.05) is 20.3 Å². The summed E-state index contributed by atoms with van der Waals surface area (Å²) in [5.41, 5.74) is 0. The van der Waals surface area contributed by atoms with E-state index in [9.17, 15) is 0 Å². The maximum absolute atomic E-state index is 4.24. The molecule has 0 aliphatic rings. The quantitative estimate of drug-likeness (QED) is 0.507. The third-order valence-corrected chi connectivity index (χ3v) is 3.68. The summed E-state index contributed by atoms with van der Waals surface area (Å²) in [5.74, 6) is 1.07. The Morgan fingerprint density at radius 3 is 2.45 bits per heavy atom. The van der Waals surface area contributed by atoms with Crippen molar-refractivity contribution in [1.82, 2.24) is 20.4 Å². The van der Waals surface area contributed by atoms with Gasteiger partial charge in [-0.2, -0.15) is 0 Å². The molecule has 0 radical (unpaired) electrons. The highest BCUT2D eigenvalue weighted by Gasteiger charge is 2.11. The molecule has 4 nitrogen and oxygen atoms in total. The van der Waals surface area contributed by atoms with Crippen molar-refractivity contribution in [3.05, 3.63) is 25.2 Å². The van der Waals surface area contributed by atoms with Crippen LogP contribution in [0.5, 0.6) is 0 Å². The summed E-state index contributed by atoms with van der Waals surface area (Å²) >= 11 is 0. The summed E-state index contributed by atoms with van der Waals surface area (Å²) in [4.78, 5) is 4.49.